The smallest absolute Gasteiger partial charge is 0.409 e. The Morgan fingerprint density at radius 1 is 1.20 bits per heavy atom. The summed E-state index contributed by atoms with van der Waals surface area (Å²) >= 11 is 0. The zero-order valence-electron chi connectivity index (χ0n) is 15.6. The summed E-state index contributed by atoms with van der Waals surface area (Å²) < 4.78 is 5.01. The Morgan fingerprint density at radius 3 is 2.56 bits per heavy atom. The van der Waals surface area contributed by atoms with Gasteiger partial charge in [-0.2, -0.15) is 0 Å². The molecule has 1 fully saturated rings. The molecule has 0 aliphatic carbocycles. The fraction of sp³-hybridized carbons (Fsp3) is 0.600. The molecule has 0 radical (unpaired) electrons. The van der Waals surface area contributed by atoms with Gasteiger partial charge in [-0.15, -0.1) is 0 Å². The lowest BCUT2D eigenvalue weighted by Gasteiger charge is -2.31. The lowest BCUT2D eigenvalue weighted by molar-refractivity contribution is -0.122. The molecule has 1 saturated heterocycles. The highest BCUT2D eigenvalue weighted by molar-refractivity contribution is 5.76. The van der Waals surface area contributed by atoms with Crippen LogP contribution in [0.1, 0.15) is 49.3 Å². The average molecular weight is 346 g/mol. The van der Waals surface area contributed by atoms with E-state index in [-0.39, 0.29) is 18.0 Å². The van der Waals surface area contributed by atoms with Crippen LogP contribution >= 0.6 is 0 Å². The van der Waals surface area contributed by atoms with Crippen LogP contribution in [0.5, 0.6) is 0 Å². The van der Waals surface area contributed by atoms with Crippen LogP contribution in [0.15, 0.2) is 18.2 Å². The average Bonchev–Trinajstić information content (AvgIpc) is 2.59. The molecule has 5 nitrogen and oxygen atoms in total. The molecule has 1 aromatic carbocycles. The summed E-state index contributed by atoms with van der Waals surface area (Å²) in [6.07, 6.45) is 3.67. The second kappa shape index (κ2) is 9.44. The van der Waals surface area contributed by atoms with Crippen LogP contribution in [0.4, 0.5) is 4.79 Å². The van der Waals surface area contributed by atoms with E-state index in [9.17, 15) is 9.59 Å². The van der Waals surface area contributed by atoms with Gasteiger partial charge in [0.1, 0.15) is 0 Å². The van der Waals surface area contributed by atoms with E-state index in [0.29, 0.717) is 26.1 Å². The Bertz CT molecular complexity index is 593. The van der Waals surface area contributed by atoms with Crippen LogP contribution in [-0.4, -0.2) is 42.6 Å². The highest BCUT2D eigenvalue weighted by Gasteiger charge is 2.24. The maximum absolute atomic E-state index is 12.1. The number of aryl methyl sites for hydroxylation is 3. The van der Waals surface area contributed by atoms with E-state index in [1.54, 1.807) is 4.90 Å². The van der Waals surface area contributed by atoms with Crippen molar-refractivity contribution in [3.63, 3.8) is 0 Å². The summed E-state index contributed by atoms with van der Waals surface area (Å²) in [5.41, 5.74) is 3.89. The zero-order valence-corrected chi connectivity index (χ0v) is 15.6. The SMILES string of the molecule is CCOC(=O)N1CCC(NC(=O)CCCc2ccc(C)c(C)c2)CC1. The second-order valence-electron chi connectivity index (χ2n) is 6.80. The number of hydrogen-bond donors (Lipinski definition) is 1. The van der Waals surface area contributed by atoms with Crippen molar-refractivity contribution in [2.75, 3.05) is 19.7 Å². The van der Waals surface area contributed by atoms with Crippen LogP contribution in [0.3, 0.4) is 0 Å². The van der Waals surface area contributed by atoms with Gasteiger partial charge in [0.2, 0.25) is 5.91 Å². The summed E-state index contributed by atoms with van der Waals surface area (Å²) in [6.45, 7) is 7.73. The maximum atomic E-state index is 12.1. The number of nitrogens with one attached hydrogen (secondary N) is 1. The number of benzene rings is 1. The Morgan fingerprint density at radius 2 is 1.92 bits per heavy atom. The number of amides is 2. The lowest BCUT2D eigenvalue weighted by Crippen LogP contribution is -2.46. The number of hydrogen-bond acceptors (Lipinski definition) is 3. The number of carbonyl (C=O) groups excluding carboxylic acids is 2. The lowest BCUT2D eigenvalue weighted by atomic mass is 10.0. The number of likely N-dealkylation sites (tertiary alicyclic amines) is 1. The van der Waals surface area contributed by atoms with Gasteiger partial charge >= 0.3 is 6.09 Å². The van der Waals surface area contributed by atoms with E-state index in [2.05, 4.69) is 37.4 Å². The highest BCUT2D eigenvalue weighted by atomic mass is 16.6. The summed E-state index contributed by atoms with van der Waals surface area (Å²) in [4.78, 5) is 25.5. The minimum Gasteiger partial charge on any atom is -0.450 e. The van der Waals surface area contributed by atoms with Crippen molar-refractivity contribution in [2.45, 2.75) is 58.9 Å². The molecule has 2 amide bonds. The van der Waals surface area contributed by atoms with Crippen LogP contribution in [0.25, 0.3) is 0 Å². The summed E-state index contributed by atoms with van der Waals surface area (Å²) in [5.74, 6) is 0.110. The molecule has 0 spiro atoms. The van der Waals surface area contributed by atoms with E-state index >= 15 is 0 Å². The molecule has 138 valence electrons. The first-order valence-corrected chi connectivity index (χ1v) is 9.26. The van der Waals surface area contributed by atoms with E-state index in [1.165, 1.54) is 16.7 Å². The maximum Gasteiger partial charge on any atom is 0.409 e. The third-order valence-electron chi connectivity index (χ3n) is 4.83. The number of ether oxygens (including phenoxy) is 1. The van der Waals surface area contributed by atoms with Crippen molar-refractivity contribution < 1.29 is 14.3 Å². The van der Waals surface area contributed by atoms with E-state index in [1.807, 2.05) is 6.92 Å². The zero-order chi connectivity index (χ0) is 18.2. The molecule has 1 aliphatic heterocycles. The summed E-state index contributed by atoms with van der Waals surface area (Å²) in [5, 5.41) is 3.10. The Kier molecular flexibility index (Phi) is 7.29. The van der Waals surface area contributed by atoms with Gasteiger partial charge in [-0.1, -0.05) is 18.2 Å². The summed E-state index contributed by atoms with van der Waals surface area (Å²) in [6, 6.07) is 6.66. The van der Waals surface area contributed by atoms with Gasteiger partial charge < -0.3 is 15.0 Å². The molecular weight excluding hydrogens is 316 g/mol. The first-order chi connectivity index (χ1) is 12.0. The number of rotatable bonds is 6. The van der Waals surface area contributed by atoms with E-state index < -0.39 is 0 Å². The Labute approximate surface area is 150 Å². The molecule has 2 rings (SSSR count). The first kappa shape index (κ1) is 19.3. The van der Waals surface area contributed by atoms with Gasteiger partial charge in [0.15, 0.2) is 0 Å². The van der Waals surface area contributed by atoms with Gasteiger partial charge in [-0.05, 0) is 63.1 Å². The fourth-order valence-corrected chi connectivity index (χ4v) is 3.13. The number of piperidine rings is 1. The standard InChI is InChI=1S/C20H30N2O3/c1-4-25-20(24)22-12-10-18(11-13-22)21-19(23)7-5-6-17-9-8-15(2)16(3)14-17/h8-9,14,18H,4-7,10-13H2,1-3H3,(H,21,23). The Hall–Kier alpha value is -2.04. The van der Waals surface area contributed by atoms with Crippen molar-refractivity contribution in [1.29, 1.82) is 0 Å². The van der Waals surface area contributed by atoms with E-state index in [4.69, 9.17) is 4.74 Å². The van der Waals surface area contributed by atoms with Crippen LogP contribution in [0, 0.1) is 13.8 Å². The van der Waals surface area contributed by atoms with Crippen molar-refractivity contribution in [1.82, 2.24) is 10.2 Å². The quantitative estimate of drug-likeness (QED) is 0.859. The first-order valence-electron chi connectivity index (χ1n) is 9.26. The van der Waals surface area contributed by atoms with E-state index in [0.717, 1.165) is 25.7 Å². The van der Waals surface area contributed by atoms with Gasteiger partial charge in [0, 0.05) is 25.6 Å². The fourth-order valence-electron chi connectivity index (χ4n) is 3.13. The minimum absolute atomic E-state index is 0.110. The molecule has 1 heterocycles. The molecule has 0 unspecified atom stereocenters. The largest absolute Gasteiger partial charge is 0.450 e. The molecule has 5 heteroatoms. The van der Waals surface area contributed by atoms with Gasteiger partial charge in [-0.25, -0.2) is 4.79 Å². The molecule has 25 heavy (non-hydrogen) atoms. The third kappa shape index (κ3) is 6.07. The predicted molar refractivity (Wildman–Crippen MR) is 98.6 cm³/mol. The van der Waals surface area contributed by atoms with Crippen LogP contribution in [-0.2, 0) is 16.0 Å². The molecule has 0 bridgehead atoms. The second-order valence-corrected chi connectivity index (χ2v) is 6.80. The van der Waals surface area contributed by atoms with Crippen molar-refractivity contribution in [3.8, 4) is 0 Å². The van der Waals surface area contributed by atoms with Crippen molar-refractivity contribution in [3.05, 3.63) is 34.9 Å². The van der Waals surface area contributed by atoms with Gasteiger partial charge in [0.05, 0.1) is 6.61 Å². The molecular formula is C20H30N2O3. The Balaban J connectivity index is 1.66. The molecule has 1 N–H and O–H groups in total. The van der Waals surface area contributed by atoms with Crippen LogP contribution in [0.2, 0.25) is 0 Å². The monoisotopic (exact) mass is 346 g/mol. The van der Waals surface area contributed by atoms with Gasteiger partial charge in [-0.3, -0.25) is 4.79 Å². The molecule has 0 atom stereocenters. The molecule has 0 aromatic heterocycles. The summed E-state index contributed by atoms with van der Waals surface area (Å²) in [7, 11) is 0. The highest BCUT2D eigenvalue weighted by Crippen LogP contribution is 2.14. The minimum atomic E-state index is -0.249. The normalized spacial score (nSPS) is 15.1. The third-order valence-corrected chi connectivity index (χ3v) is 4.83. The molecule has 1 aromatic rings. The topological polar surface area (TPSA) is 58.6 Å². The van der Waals surface area contributed by atoms with Crippen LogP contribution < -0.4 is 5.32 Å². The van der Waals surface area contributed by atoms with Crippen molar-refractivity contribution in [2.24, 2.45) is 0 Å². The van der Waals surface area contributed by atoms with Crippen molar-refractivity contribution >= 4 is 12.0 Å². The molecule has 0 saturated carbocycles. The van der Waals surface area contributed by atoms with Gasteiger partial charge in [0.25, 0.3) is 0 Å². The number of nitrogens with zero attached hydrogens (tertiary/aromatic N) is 1. The number of carbonyl (C=O) groups is 2. The predicted octanol–water partition coefficient (Wildman–Crippen LogP) is 3.36. The molecule has 1 aliphatic rings.